The van der Waals surface area contributed by atoms with Crippen LogP contribution in [-0.2, 0) is 8.85 Å². The van der Waals surface area contributed by atoms with Gasteiger partial charge in [0.15, 0.2) is 0 Å². The molecule has 0 heterocycles. The molecule has 0 rings (SSSR count). The largest absolute Gasteiger partial charge is 0.390 e. The number of hydrogen-bond donors (Lipinski definition) is 0. The van der Waals surface area contributed by atoms with E-state index in [-0.39, 0.29) is 0 Å². The van der Waals surface area contributed by atoms with Crippen LogP contribution in [0.15, 0.2) is 23.3 Å². The topological polar surface area (TPSA) is 18.5 Å². The van der Waals surface area contributed by atoms with E-state index in [1.807, 2.05) is 0 Å². The van der Waals surface area contributed by atoms with E-state index in [4.69, 9.17) is 8.85 Å². The summed E-state index contributed by atoms with van der Waals surface area (Å²) in [7, 11) is -1.97. The third-order valence-electron chi connectivity index (χ3n) is 2.75. The zero-order valence-electron chi connectivity index (χ0n) is 12.3. The molecule has 0 aliphatic rings. The zero-order valence-corrected chi connectivity index (χ0v) is 13.3. The molecule has 0 amide bonds. The number of rotatable bonds is 8. The molecule has 0 aromatic rings. The first-order valence-electron chi connectivity index (χ1n) is 6.50. The Morgan fingerprint density at radius 1 is 0.824 bits per heavy atom. The lowest BCUT2D eigenvalue weighted by Crippen LogP contribution is -2.41. The molecular formula is C14H28O2Si. The molecular weight excluding hydrogens is 228 g/mol. The molecule has 0 aliphatic carbocycles. The van der Waals surface area contributed by atoms with E-state index in [1.165, 1.54) is 11.1 Å². The highest BCUT2D eigenvalue weighted by molar-refractivity contribution is 6.67. The SMILES string of the molecule is CC[Si](CC)(OCC=C(C)C)OCC=C(C)C. The fraction of sp³-hybridized carbons (Fsp3) is 0.714. The first kappa shape index (κ1) is 16.6. The van der Waals surface area contributed by atoms with Crippen LogP contribution in [0, 0.1) is 0 Å². The van der Waals surface area contributed by atoms with Crippen LogP contribution in [0.4, 0.5) is 0 Å². The summed E-state index contributed by atoms with van der Waals surface area (Å²) in [4.78, 5) is 0. The van der Waals surface area contributed by atoms with E-state index in [0.717, 1.165) is 12.1 Å². The minimum atomic E-state index is -1.97. The van der Waals surface area contributed by atoms with Gasteiger partial charge in [-0.05, 0) is 39.8 Å². The van der Waals surface area contributed by atoms with E-state index < -0.39 is 8.56 Å². The van der Waals surface area contributed by atoms with Gasteiger partial charge in [0.05, 0.1) is 13.2 Å². The lowest BCUT2D eigenvalue weighted by molar-refractivity contribution is 0.201. The van der Waals surface area contributed by atoms with Crippen molar-refractivity contribution >= 4 is 8.56 Å². The lowest BCUT2D eigenvalue weighted by atomic mass is 10.3. The van der Waals surface area contributed by atoms with Gasteiger partial charge in [0.25, 0.3) is 0 Å². The normalized spacial score (nSPS) is 11.2. The van der Waals surface area contributed by atoms with Crippen LogP contribution in [0.25, 0.3) is 0 Å². The van der Waals surface area contributed by atoms with Crippen molar-refractivity contribution in [3.05, 3.63) is 23.3 Å². The molecule has 0 atom stereocenters. The Balaban J connectivity index is 4.34. The summed E-state index contributed by atoms with van der Waals surface area (Å²) in [5.41, 5.74) is 2.59. The van der Waals surface area contributed by atoms with Gasteiger partial charge in [-0.3, -0.25) is 0 Å². The molecule has 3 heteroatoms. The number of hydrogen-bond acceptors (Lipinski definition) is 2. The van der Waals surface area contributed by atoms with Crippen LogP contribution in [-0.4, -0.2) is 21.8 Å². The van der Waals surface area contributed by atoms with Crippen molar-refractivity contribution in [3.8, 4) is 0 Å². The summed E-state index contributed by atoms with van der Waals surface area (Å²) in [6.07, 6.45) is 4.24. The van der Waals surface area contributed by atoms with Crippen LogP contribution in [0.3, 0.4) is 0 Å². The van der Waals surface area contributed by atoms with Crippen LogP contribution in [0.1, 0.15) is 41.5 Å². The van der Waals surface area contributed by atoms with Gasteiger partial charge in [-0.25, -0.2) is 0 Å². The molecule has 0 aromatic carbocycles. The van der Waals surface area contributed by atoms with E-state index in [2.05, 4.69) is 53.7 Å². The Morgan fingerprint density at radius 3 is 1.41 bits per heavy atom. The summed E-state index contributed by atoms with van der Waals surface area (Å²) in [6, 6.07) is 2.02. The predicted octanol–water partition coefficient (Wildman–Crippen LogP) is 4.43. The van der Waals surface area contributed by atoms with Crippen LogP contribution in [0.5, 0.6) is 0 Å². The average molecular weight is 256 g/mol. The fourth-order valence-electron chi connectivity index (χ4n) is 1.42. The summed E-state index contributed by atoms with van der Waals surface area (Å²) in [5, 5.41) is 0. The van der Waals surface area contributed by atoms with Gasteiger partial charge in [0.2, 0.25) is 0 Å². The van der Waals surface area contributed by atoms with E-state index in [9.17, 15) is 0 Å². The summed E-state index contributed by atoms with van der Waals surface area (Å²) >= 11 is 0. The Hall–Kier alpha value is -0.383. The van der Waals surface area contributed by atoms with Crippen molar-refractivity contribution in [2.75, 3.05) is 13.2 Å². The van der Waals surface area contributed by atoms with E-state index in [0.29, 0.717) is 13.2 Å². The highest BCUT2D eigenvalue weighted by atomic mass is 28.4. The maximum atomic E-state index is 6.03. The van der Waals surface area contributed by atoms with Crippen LogP contribution in [0.2, 0.25) is 12.1 Å². The Bertz CT molecular complexity index is 233. The molecule has 0 radical (unpaired) electrons. The lowest BCUT2D eigenvalue weighted by Gasteiger charge is -2.27. The summed E-state index contributed by atoms with van der Waals surface area (Å²) < 4.78 is 12.1. The second-order valence-corrected chi connectivity index (χ2v) is 8.62. The third-order valence-corrected chi connectivity index (χ3v) is 6.29. The molecule has 0 saturated heterocycles. The highest BCUT2D eigenvalue weighted by Crippen LogP contribution is 2.19. The summed E-state index contributed by atoms with van der Waals surface area (Å²) in [6.45, 7) is 14.1. The number of allylic oxidation sites excluding steroid dienone is 2. The minimum absolute atomic E-state index is 0.686. The molecule has 100 valence electrons. The van der Waals surface area contributed by atoms with E-state index in [1.54, 1.807) is 0 Å². The van der Waals surface area contributed by atoms with Crippen molar-refractivity contribution in [2.24, 2.45) is 0 Å². The molecule has 0 spiro atoms. The molecule has 0 fully saturated rings. The molecule has 0 aromatic heterocycles. The summed E-state index contributed by atoms with van der Waals surface area (Å²) in [5.74, 6) is 0. The smallest absolute Gasteiger partial charge is 0.338 e. The monoisotopic (exact) mass is 256 g/mol. The average Bonchev–Trinajstić information content (AvgIpc) is 2.26. The standard InChI is InChI=1S/C14H28O2Si/c1-7-17(8-2,15-11-9-13(3)4)16-12-10-14(5)6/h9-10H,7-8,11-12H2,1-6H3. The molecule has 17 heavy (non-hydrogen) atoms. The molecule has 0 bridgehead atoms. The van der Waals surface area contributed by atoms with Crippen molar-refractivity contribution < 1.29 is 8.85 Å². The van der Waals surface area contributed by atoms with Gasteiger partial charge in [-0.15, -0.1) is 0 Å². The van der Waals surface area contributed by atoms with E-state index >= 15 is 0 Å². The second kappa shape index (κ2) is 8.67. The maximum Gasteiger partial charge on any atom is 0.338 e. The van der Waals surface area contributed by atoms with Gasteiger partial charge in [0, 0.05) is 0 Å². The van der Waals surface area contributed by atoms with Gasteiger partial charge < -0.3 is 8.85 Å². The molecule has 2 nitrogen and oxygen atoms in total. The quantitative estimate of drug-likeness (QED) is 0.472. The predicted molar refractivity (Wildman–Crippen MR) is 77.5 cm³/mol. The Morgan fingerprint density at radius 2 is 1.18 bits per heavy atom. The van der Waals surface area contributed by atoms with Crippen molar-refractivity contribution in [1.29, 1.82) is 0 Å². The fourth-order valence-corrected chi connectivity index (χ4v) is 3.59. The second-order valence-electron chi connectivity index (χ2n) is 4.80. The highest BCUT2D eigenvalue weighted by Gasteiger charge is 2.32. The molecule has 0 N–H and O–H groups in total. The molecule has 0 saturated carbocycles. The minimum Gasteiger partial charge on any atom is -0.390 e. The van der Waals surface area contributed by atoms with Gasteiger partial charge in [-0.1, -0.05) is 37.1 Å². The Kier molecular flexibility index (Phi) is 8.48. The van der Waals surface area contributed by atoms with Gasteiger partial charge in [-0.2, -0.15) is 0 Å². The molecule has 0 aliphatic heterocycles. The van der Waals surface area contributed by atoms with Crippen molar-refractivity contribution in [1.82, 2.24) is 0 Å². The first-order chi connectivity index (χ1) is 7.95. The zero-order chi connectivity index (χ0) is 13.3. The Labute approximate surface area is 108 Å². The molecule has 0 unspecified atom stereocenters. The van der Waals surface area contributed by atoms with Gasteiger partial charge >= 0.3 is 8.56 Å². The van der Waals surface area contributed by atoms with Crippen LogP contribution < -0.4 is 0 Å². The first-order valence-corrected chi connectivity index (χ1v) is 8.73. The van der Waals surface area contributed by atoms with Crippen molar-refractivity contribution in [3.63, 3.8) is 0 Å². The van der Waals surface area contributed by atoms with Gasteiger partial charge in [0.1, 0.15) is 0 Å². The third kappa shape index (κ3) is 7.52. The van der Waals surface area contributed by atoms with Crippen LogP contribution >= 0.6 is 0 Å². The maximum absolute atomic E-state index is 6.03. The van der Waals surface area contributed by atoms with Crippen molar-refractivity contribution in [2.45, 2.75) is 53.6 Å².